The van der Waals surface area contributed by atoms with Crippen molar-refractivity contribution in [1.29, 1.82) is 0 Å². The Labute approximate surface area is 183 Å². The average molecular weight is 421 g/mol. The summed E-state index contributed by atoms with van der Waals surface area (Å²) >= 11 is 3.93. The van der Waals surface area contributed by atoms with Crippen LogP contribution in [0.5, 0.6) is 0 Å². The van der Waals surface area contributed by atoms with Crippen LogP contribution >= 0.6 is 22.7 Å². The van der Waals surface area contributed by atoms with Gasteiger partial charge in [-0.2, -0.15) is 0 Å². The molecule has 2 rings (SSSR count). The molecule has 0 saturated heterocycles. The van der Waals surface area contributed by atoms with Crippen LogP contribution in [0.15, 0.2) is 17.5 Å². The van der Waals surface area contributed by atoms with Gasteiger partial charge in [0, 0.05) is 14.3 Å². The second kappa shape index (κ2) is 15.5. The van der Waals surface area contributed by atoms with Crippen LogP contribution in [0.25, 0.3) is 9.40 Å². The molecule has 0 fully saturated rings. The fourth-order valence-electron chi connectivity index (χ4n) is 4.32. The average Bonchev–Trinajstić information content (AvgIpc) is 3.29. The van der Waals surface area contributed by atoms with Crippen LogP contribution in [-0.4, -0.2) is 0 Å². The molecule has 0 N–H and O–H groups in total. The van der Waals surface area contributed by atoms with E-state index in [4.69, 9.17) is 0 Å². The fourth-order valence-corrected chi connectivity index (χ4v) is 6.47. The third-order valence-corrected chi connectivity index (χ3v) is 8.32. The molecule has 0 saturated carbocycles. The summed E-state index contributed by atoms with van der Waals surface area (Å²) < 4.78 is 3.00. The van der Waals surface area contributed by atoms with Crippen molar-refractivity contribution in [2.45, 2.75) is 123 Å². The van der Waals surface area contributed by atoms with Crippen LogP contribution in [0.4, 0.5) is 0 Å². The van der Waals surface area contributed by atoms with Crippen molar-refractivity contribution in [2.75, 3.05) is 0 Å². The molecule has 0 bridgehead atoms. The van der Waals surface area contributed by atoms with Crippen molar-refractivity contribution < 1.29 is 0 Å². The van der Waals surface area contributed by atoms with Crippen LogP contribution in [0.3, 0.4) is 0 Å². The molecular formula is C26H44S2. The summed E-state index contributed by atoms with van der Waals surface area (Å²) in [5.41, 5.74) is 0. The lowest BCUT2D eigenvalue weighted by atomic mass is 9.90. The lowest BCUT2D eigenvalue weighted by Gasteiger charge is -2.16. The summed E-state index contributed by atoms with van der Waals surface area (Å²) in [4.78, 5) is 1.62. The summed E-state index contributed by atoms with van der Waals surface area (Å²) in [5.74, 6) is 0.960. The van der Waals surface area contributed by atoms with Gasteiger partial charge in [-0.15, -0.1) is 22.7 Å². The Morgan fingerprint density at radius 2 is 1.25 bits per heavy atom. The Balaban J connectivity index is 1.67. The highest BCUT2D eigenvalue weighted by atomic mass is 32.1. The summed E-state index contributed by atoms with van der Waals surface area (Å²) in [5, 5.41) is 2.23. The molecule has 2 aromatic heterocycles. The molecule has 2 aromatic rings. The molecule has 0 aliphatic carbocycles. The predicted octanol–water partition coefficient (Wildman–Crippen LogP) is 10.4. The van der Waals surface area contributed by atoms with Gasteiger partial charge in [-0.1, -0.05) is 110 Å². The van der Waals surface area contributed by atoms with E-state index < -0.39 is 0 Å². The fraction of sp³-hybridized carbons (Fsp3) is 0.769. The molecule has 1 atom stereocenters. The Bertz CT molecular complexity index is 566. The number of unbranched alkanes of at least 4 members (excludes halogenated alkanes) is 11. The van der Waals surface area contributed by atoms with Gasteiger partial charge in [0.25, 0.3) is 0 Å². The zero-order chi connectivity index (χ0) is 19.9. The van der Waals surface area contributed by atoms with Crippen molar-refractivity contribution in [3.05, 3.63) is 22.4 Å². The van der Waals surface area contributed by atoms with E-state index in [1.165, 1.54) is 119 Å². The third kappa shape index (κ3) is 9.92. The molecule has 2 heterocycles. The van der Waals surface area contributed by atoms with Gasteiger partial charge in [0.2, 0.25) is 0 Å². The first-order valence-electron chi connectivity index (χ1n) is 12.3. The summed E-state index contributed by atoms with van der Waals surface area (Å²) in [7, 11) is 0. The normalized spacial score (nSPS) is 12.8. The van der Waals surface area contributed by atoms with Gasteiger partial charge >= 0.3 is 0 Å². The Morgan fingerprint density at radius 3 is 1.82 bits per heavy atom. The van der Waals surface area contributed by atoms with E-state index in [2.05, 4.69) is 31.4 Å². The van der Waals surface area contributed by atoms with Gasteiger partial charge in [0.1, 0.15) is 0 Å². The smallest absolute Gasteiger partial charge is 0.0453 e. The lowest BCUT2D eigenvalue weighted by molar-refractivity contribution is 0.381. The first-order chi connectivity index (χ1) is 13.8. The van der Waals surface area contributed by atoms with E-state index in [9.17, 15) is 0 Å². The summed E-state index contributed by atoms with van der Waals surface area (Å²) in [6.07, 6.45) is 24.4. The Hall–Kier alpha value is -0.340. The molecular weight excluding hydrogens is 376 g/mol. The first kappa shape index (κ1) is 23.9. The van der Waals surface area contributed by atoms with Crippen LogP contribution in [0, 0.1) is 5.92 Å². The van der Waals surface area contributed by atoms with Crippen molar-refractivity contribution in [3.63, 3.8) is 0 Å². The number of aryl methyl sites for hydroxylation is 1. The van der Waals surface area contributed by atoms with Gasteiger partial charge in [-0.25, -0.2) is 0 Å². The molecule has 0 amide bonds. The van der Waals surface area contributed by atoms with Crippen molar-refractivity contribution >= 4 is 32.1 Å². The van der Waals surface area contributed by atoms with Gasteiger partial charge in [0.05, 0.1) is 0 Å². The maximum absolute atomic E-state index is 2.46. The van der Waals surface area contributed by atoms with Crippen LogP contribution in [0.2, 0.25) is 0 Å². The van der Waals surface area contributed by atoms with Crippen molar-refractivity contribution in [3.8, 4) is 0 Å². The molecule has 0 aromatic carbocycles. The zero-order valence-corrected chi connectivity index (χ0v) is 20.3. The minimum absolute atomic E-state index is 0.960. The molecule has 160 valence electrons. The highest BCUT2D eigenvalue weighted by Crippen LogP contribution is 2.32. The largest absolute Gasteiger partial charge is 0.143 e. The molecule has 1 unspecified atom stereocenters. The topological polar surface area (TPSA) is 0 Å². The van der Waals surface area contributed by atoms with Crippen molar-refractivity contribution in [2.24, 2.45) is 5.92 Å². The maximum Gasteiger partial charge on any atom is 0.0453 e. The second-order valence-corrected chi connectivity index (χ2v) is 10.8. The standard InChI is InChI=1S/C26H44S2/c1-3-5-7-9-11-13-15-17-23(16-14-12-10-8-6-4-2)18-19-24-22-26-25(28-24)20-21-27-26/h20-23H,3-19H2,1-2H3. The third-order valence-electron chi connectivity index (χ3n) is 6.17. The maximum atomic E-state index is 2.46. The predicted molar refractivity (Wildman–Crippen MR) is 132 cm³/mol. The van der Waals surface area contributed by atoms with E-state index in [1.54, 1.807) is 4.88 Å². The second-order valence-electron chi connectivity index (χ2n) is 8.73. The van der Waals surface area contributed by atoms with E-state index in [1.807, 2.05) is 22.7 Å². The lowest BCUT2D eigenvalue weighted by Crippen LogP contribution is -2.03. The molecule has 28 heavy (non-hydrogen) atoms. The van der Waals surface area contributed by atoms with Gasteiger partial charge in [-0.3, -0.25) is 0 Å². The summed E-state index contributed by atoms with van der Waals surface area (Å²) in [6, 6.07) is 4.75. The number of hydrogen-bond acceptors (Lipinski definition) is 2. The van der Waals surface area contributed by atoms with Gasteiger partial charge in [0.15, 0.2) is 0 Å². The van der Waals surface area contributed by atoms with E-state index in [0.717, 1.165) is 5.92 Å². The van der Waals surface area contributed by atoms with Gasteiger partial charge in [-0.05, 0) is 36.3 Å². The highest BCUT2D eigenvalue weighted by Gasteiger charge is 2.11. The van der Waals surface area contributed by atoms with E-state index in [0.29, 0.717) is 0 Å². The number of rotatable bonds is 18. The number of fused-ring (bicyclic) bond motifs is 1. The van der Waals surface area contributed by atoms with E-state index >= 15 is 0 Å². The van der Waals surface area contributed by atoms with E-state index in [-0.39, 0.29) is 0 Å². The molecule has 0 aliphatic heterocycles. The highest BCUT2D eigenvalue weighted by molar-refractivity contribution is 7.26. The zero-order valence-electron chi connectivity index (χ0n) is 18.6. The van der Waals surface area contributed by atoms with Crippen LogP contribution in [-0.2, 0) is 6.42 Å². The monoisotopic (exact) mass is 420 g/mol. The quantitative estimate of drug-likeness (QED) is 0.210. The van der Waals surface area contributed by atoms with Crippen LogP contribution in [0.1, 0.15) is 121 Å². The SMILES string of the molecule is CCCCCCCCCC(CCCCCCCC)CCc1cc2sccc2s1. The number of hydrogen-bond donors (Lipinski definition) is 0. The minimum Gasteiger partial charge on any atom is -0.143 e. The Kier molecular flexibility index (Phi) is 13.2. The molecule has 0 nitrogen and oxygen atoms in total. The molecule has 2 heteroatoms. The molecule has 0 spiro atoms. The van der Waals surface area contributed by atoms with Gasteiger partial charge < -0.3 is 0 Å². The Morgan fingerprint density at radius 1 is 0.679 bits per heavy atom. The molecule has 0 aliphatic rings. The minimum atomic E-state index is 0.960. The number of thiophene rings is 2. The first-order valence-corrected chi connectivity index (χ1v) is 14.0. The summed E-state index contributed by atoms with van der Waals surface area (Å²) in [6.45, 7) is 4.62. The van der Waals surface area contributed by atoms with Crippen LogP contribution < -0.4 is 0 Å². The molecule has 0 radical (unpaired) electrons. The van der Waals surface area contributed by atoms with Crippen molar-refractivity contribution in [1.82, 2.24) is 0 Å².